The maximum Gasteiger partial charge on any atom is 1.00 e. The molecule has 1 unspecified atom stereocenters. The molecule has 1 atom stereocenters. The summed E-state index contributed by atoms with van der Waals surface area (Å²) in [7, 11) is -3.13. The molecular formula is C3H6LiO2P. The van der Waals surface area contributed by atoms with Crippen LogP contribution in [0.25, 0.3) is 0 Å². The minimum absolute atomic E-state index is 0. The van der Waals surface area contributed by atoms with Crippen molar-refractivity contribution in [3.63, 3.8) is 0 Å². The van der Waals surface area contributed by atoms with Crippen LogP contribution in [-0.4, -0.2) is 6.66 Å². The van der Waals surface area contributed by atoms with Crippen molar-refractivity contribution >= 4 is 7.37 Å². The summed E-state index contributed by atoms with van der Waals surface area (Å²) in [5.41, 5.74) is 0. The fraction of sp³-hybridized carbons (Fsp3) is 0.333. The van der Waals surface area contributed by atoms with Gasteiger partial charge in [-0.05, 0) is 12.5 Å². The Kier molecular flexibility index (Phi) is 5.28. The molecule has 0 radical (unpaired) electrons. The van der Waals surface area contributed by atoms with Gasteiger partial charge in [0.05, 0.1) is 0 Å². The van der Waals surface area contributed by atoms with Gasteiger partial charge in [-0.2, -0.15) is 0 Å². The Morgan fingerprint density at radius 3 is 2.00 bits per heavy atom. The molecule has 0 bridgehead atoms. The van der Waals surface area contributed by atoms with Crippen LogP contribution >= 0.6 is 7.37 Å². The number of hydrogen-bond donors (Lipinski definition) is 0. The van der Waals surface area contributed by atoms with Crippen LogP contribution < -0.4 is 23.8 Å². The smallest absolute Gasteiger partial charge is 0.797 e. The van der Waals surface area contributed by atoms with Gasteiger partial charge in [-0.1, -0.05) is 6.58 Å². The van der Waals surface area contributed by atoms with E-state index >= 15 is 0 Å². The van der Waals surface area contributed by atoms with Gasteiger partial charge < -0.3 is 9.46 Å². The van der Waals surface area contributed by atoms with Crippen LogP contribution in [0.2, 0.25) is 0 Å². The zero-order chi connectivity index (χ0) is 5.21. The molecule has 0 saturated heterocycles. The Morgan fingerprint density at radius 2 is 2.00 bits per heavy atom. The predicted molar refractivity (Wildman–Crippen MR) is 23.7 cm³/mol. The van der Waals surface area contributed by atoms with E-state index in [4.69, 9.17) is 0 Å². The minimum Gasteiger partial charge on any atom is -0.797 e. The van der Waals surface area contributed by atoms with E-state index in [0.717, 1.165) is 12.5 Å². The van der Waals surface area contributed by atoms with E-state index in [-0.39, 0.29) is 18.9 Å². The van der Waals surface area contributed by atoms with Crippen molar-refractivity contribution in [1.29, 1.82) is 0 Å². The zero-order valence-corrected chi connectivity index (χ0v) is 5.44. The van der Waals surface area contributed by atoms with Crippen LogP contribution in [0.15, 0.2) is 12.4 Å². The summed E-state index contributed by atoms with van der Waals surface area (Å²) >= 11 is 0. The fourth-order valence-corrected chi connectivity index (χ4v) is 0. The van der Waals surface area contributed by atoms with Crippen molar-refractivity contribution in [3.8, 4) is 0 Å². The molecule has 0 aliphatic carbocycles. The summed E-state index contributed by atoms with van der Waals surface area (Å²) in [6, 6.07) is 0. The van der Waals surface area contributed by atoms with E-state index in [2.05, 4.69) is 6.58 Å². The molecule has 0 aromatic carbocycles. The van der Waals surface area contributed by atoms with E-state index in [0.29, 0.717) is 0 Å². The first-order chi connectivity index (χ1) is 2.56. The average Bonchev–Trinajstić information content (AvgIpc) is 1.35. The Balaban J connectivity index is 0. The Hall–Kier alpha value is 0.527. The van der Waals surface area contributed by atoms with Crippen LogP contribution in [0.5, 0.6) is 0 Å². The summed E-state index contributed by atoms with van der Waals surface area (Å²) in [4.78, 5) is 9.91. The molecule has 36 valence electrons. The van der Waals surface area contributed by atoms with Gasteiger partial charge >= 0.3 is 18.9 Å². The third kappa shape index (κ3) is 10.8. The van der Waals surface area contributed by atoms with Crippen molar-refractivity contribution in [3.05, 3.63) is 12.4 Å². The predicted octanol–water partition coefficient (Wildman–Crippen LogP) is -2.60. The molecule has 0 aromatic rings. The van der Waals surface area contributed by atoms with Crippen LogP contribution in [0.4, 0.5) is 0 Å². The first-order valence-electron chi connectivity index (χ1n) is 1.48. The van der Waals surface area contributed by atoms with Gasteiger partial charge in [0.1, 0.15) is 0 Å². The molecular weight excluding hydrogens is 106 g/mol. The zero-order valence-electron chi connectivity index (χ0n) is 4.55. The van der Waals surface area contributed by atoms with Crippen LogP contribution in [0, 0.1) is 0 Å². The molecule has 0 amide bonds. The van der Waals surface area contributed by atoms with Gasteiger partial charge in [0.25, 0.3) is 0 Å². The van der Waals surface area contributed by atoms with Crippen LogP contribution in [0.1, 0.15) is 0 Å². The molecule has 0 spiro atoms. The maximum absolute atomic E-state index is 9.91. The third-order valence-corrected chi connectivity index (χ3v) is 0.995. The molecule has 0 N–H and O–H groups in total. The monoisotopic (exact) mass is 112 g/mol. The molecule has 0 saturated carbocycles. The summed E-state index contributed by atoms with van der Waals surface area (Å²) in [6.07, 6.45) is 0. The molecule has 0 aliphatic rings. The van der Waals surface area contributed by atoms with Gasteiger partial charge in [0.2, 0.25) is 0 Å². The fourth-order valence-electron chi connectivity index (χ4n) is 0. The maximum atomic E-state index is 9.91. The van der Waals surface area contributed by atoms with Gasteiger partial charge in [-0.25, -0.2) is 0 Å². The molecule has 2 nitrogen and oxygen atoms in total. The molecule has 0 aromatic heterocycles. The van der Waals surface area contributed by atoms with E-state index < -0.39 is 7.37 Å². The van der Waals surface area contributed by atoms with E-state index in [1.165, 1.54) is 0 Å². The van der Waals surface area contributed by atoms with Gasteiger partial charge in [0.15, 0.2) is 0 Å². The van der Waals surface area contributed by atoms with Crippen molar-refractivity contribution in [1.82, 2.24) is 0 Å². The average molecular weight is 112 g/mol. The summed E-state index contributed by atoms with van der Waals surface area (Å²) < 4.78 is 9.91. The van der Waals surface area contributed by atoms with Crippen molar-refractivity contribution in [2.24, 2.45) is 0 Å². The molecule has 0 heterocycles. The SMILES string of the molecule is C=CP(C)(=O)[O-].[Li+]. The molecule has 4 heteroatoms. The Bertz CT molecular complexity index is 95.1. The molecule has 0 fully saturated rings. The minimum atomic E-state index is -3.13. The quantitative estimate of drug-likeness (QED) is 0.275. The molecule has 7 heavy (non-hydrogen) atoms. The molecule has 0 rings (SSSR count). The second kappa shape index (κ2) is 3.52. The van der Waals surface area contributed by atoms with E-state index in [9.17, 15) is 9.46 Å². The first-order valence-corrected chi connectivity index (χ1v) is 3.62. The Labute approximate surface area is 55.2 Å². The van der Waals surface area contributed by atoms with Crippen LogP contribution in [0.3, 0.4) is 0 Å². The van der Waals surface area contributed by atoms with Gasteiger partial charge in [0, 0.05) is 7.37 Å². The third-order valence-electron chi connectivity index (χ3n) is 0.332. The second-order valence-corrected chi connectivity index (χ2v) is 3.27. The molecule has 0 aliphatic heterocycles. The first kappa shape index (κ1) is 10.5. The second-order valence-electron chi connectivity index (χ2n) is 1.09. The van der Waals surface area contributed by atoms with Gasteiger partial charge in [-0.15, -0.1) is 0 Å². The number of hydrogen-bond acceptors (Lipinski definition) is 2. The standard InChI is InChI=1S/C3H7O2P.Li/c1-3-6(2,4)5;/h3H,1H2,2H3,(H,4,5);/q;+1/p-1. The summed E-state index contributed by atoms with van der Waals surface area (Å²) in [5, 5.41) is 0. The summed E-state index contributed by atoms with van der Waals surface area (Å²) in [5.74, 6) is 0.938. The van der Waals surface area contributed by atoms with E-state index in [1.54, 1.807) is 0 Å². The van der Waals surface area contributed by atoms with Crippen LogP contribution in [-0.2, 0) is 4.57 Å². The van der Waals surface area contributed by atoms with E-state index in [1.807, 2.05) is 0 Å². The Morgan fingerprint density at radius 1 is 1.86 bits per heavy atom. The van der Waals surface area contributed by atoms with Crippen molar-refractivity contribution < 1.29 is 28.3 Å². The summed E-state index contributed by atoms with van der Waals surface area (Å²) in [6.45, 7) is 4.18. The van der Waals surface area contributed by atoms with Gasteiger partial charge in [-0.3, -0.25) is 0 Å². The number of rotatable bonds is 1. The normalized spacial score (nSPS) is 16.3. The topological polar surface area (TPSA) is 40.1 Å². The largest absolute Gasteiger partial charge is 1.00 e. The van der Waals surface area contributed by atoms with Crippen molar-refractivity contribution in [2.45, 2.75) is 0 Å². The van der Waals surface area contributed by atoms with Crippen molar-refractivity contribution in [2.75, 3.05) is 6.66 Å².